The smallest absolute Gasteiger partial charge is 0.240 e. The van der Waals surface area contributed by atoms with E-state index in [1.807, 2.05) is 32.0 Å². The van der Waals surface area contributed by atoms with Crippen molar-refractivity contribution in [1.29, 1.82) is 0 Å². The number of aryl methyl sites for hydroxylation is 1. The molecule has 1 atom stereocenters. The van der Waals surface area contributed by atoms with Crippen molar-refractivity contribution < 1.29 is 8.78 Å². The Balaban J connectivity index is 0.00000200. The number of nitrogens with zero attached hydrogens (tertiary/aromatic N) is 1. The molecule has 0 saturated carbocycles. The van der Waals surface area contributed by atoms with Crippen LogP contribution in [0.4, 0.5) is 8.78 Å². The van der Waals surface area contributed by atoms with Crippen LogP contribution in [0.2, 0.25) is 0 Å². The highest BCUT2D eigenvalue weighted by Crippen LogP contribution is 2.30. The number of hydrogen-bond donors (Lipinski definition) is 1. The fraction of sp³-hybridized carbons (Fsp3) is 0.600. The summed E-state index contributed by atoms with van der Waals surface area (Å²) in [5, 5.41) is 3.27. The van der Waals surface area contributed by atoms with Crippen LogP contribution in [0.1, 0.15) is 29.2 Å². The quantitative estimate of drug-likeness (QED) is 0.918. The van der Waals surface area contributed by atoms with Crippen LogP contribution in [0.15, 0.2) is 18.2 Å². The zero-order valence-corrected chi connectivity index (χ0v) is 12.9. The summed E-state index contributed by atoms with van der Waals surface area (Å²) < 4.78 is 25.8. The lowest BCUT2D eigenvalue weighted by Crippen LogP contribution is -2.45. The Morgan fingerprint density at radius 2 is 1.85 bits per heavy atom. The van der Waals surface area contributed by atoms with Gasteiger partial charge in [-0.05, 0) is 30.5 Å². The molecule has 2 nitrogen and oxygen atoms in total. The minimum absolute atomic E-state index is 0. The van der Waals surface area contributed by atoms with Gasteiger partial charge in [-0.25, -0.2) is 8.78 Å². The first kappa shape index (κ1) is 17.3. The molecule has 1 aliphatic heterocycles. The van der Waals surface area contributed by atoms with Gasteiger partial charge in [-0.2, -0.15) is 0 Å². The molecule has 1 heterocycles. The van der Waals surface area contributed by atoms with Crippen molar-refractivity contribution in [2.45, 2.75) is 32.7 Å². The fourth-order valence-electron chi connectivity index (χ4n) is 2.77. The molecule has 0 radical (unpaired) electrons. The SMILES string of the molecule is Cc1cccc([C@@H](CC(F)F)N2CCNCC2)c1C.Cl. The highest BCUT2D eigenvalue weighted by atomic mass is 35.5. The second-order valence-corrected chi connectivity index (χ2v) is 5.22. The van der Waals surface area contributed by atoms with Gasteiger partial charge >= 0.3 is 0 Å². The predicted octanol–water partition coefficient (Wildman–Crippen LogP) is 3.33. The summed E-state index contributed by atoms with van der Waals surface area (Å²) in [6.07, 6.45) is -2.34. The standard InChI is InChI=1S/C15H22F2N2.ClH/c1-11-4-3-5-13(12(11)2)14(10-15(16)17)19-8-6-18-7-9-19;/h3-5,14-15,18H,6-10H2,1-2H3;1H/t14-;/m1./s1. The van der Waals surface area contributed by atoms with Crippen LogP contribution in [-0.2, 0) is 0 Å². The number of piperazine rings is 1. The fourth-order valence-corrected chi connectivity index (χ4v) is 2.77. The minimum atomic E-state index is -2.26. The molecule has 0 bridgehead atoms. The summed E-state index contributed by atoms with van der Waals surface area (Å²) >= 11 is 0. The van der Waals surface area contributed by atoms with Gasteiger partial charge in [0, 0.05) is 38.6 Å². The van der Waals surface area contributed by atoms with E-state index in [0.29, 0.717) is 0 Å². The molecule has 2 rings (SSSR count). The van der Waals surface area contributed by atoms with Crippen molar-refractivity contribution in [3.63, 3.8) is 0 Å². The van der Waals surface area contributed by atoms with Crippen molar-refractivity contribution in [3.8, 4) is 0 Å². The Morgan fingerprint density at radius 3 is 2.45 bits per heavy atom. The first-order valence-corrected chi connectivity index (χ1v) is 6.88. The van der Waals surface area contributed by atoms with Crippen LogP contribution in [0.3, 0.4) is 0 Å². The van der Waals surface area contributed by atoms with E-state index in [-0.39, 0.29) is 24.9 Å². The molecular formula is C15H23ClF2N2. The van der Waals surface area contributed by atoms with E-state index in [1.54, 1.807) is 0 Å². The highest BCUT2D eigenvalue weighted by Gasteiger charge is 2.26. The third-order valence-electron chi connectivity index (χ3n) is 4.00. The average molecular weight is 305 g/mol. The maximum Gasteiger partial charge on any atom is 0.240 e. The lowest BCUT2D eigenvalue weighted by molar-refractivity contribution is 0.0736. The summed E-state index contributed by atoms with van der Waals surface area (Å²) in [4.78, 5) is 2.18. The van der Waals surface area contributed by atoms with Gasteiger partial charge in [0.05, 0.1) is 0 Å². The number of alkyl halides is 2. The van der Waals surface area contributed by atoms with E-state index >= 15 is 0 Å². The van der Waals surface area contributed by atoms with Crippen LogP contribution in [0.5, 0.6) is 0 Å². The van der Waals surface area contributed by atoms with Gasteiger partial charge in [0.25, 0.3) is 0 Å². The minimum Gasteiger partial charge on any atom is -0.314 e. The van der Waals surface area contributed by atoms with E-state index in [9.17, 15) is 8.78 Å². The molecule has 1 aliphatic rings. The van der Waals surface area contributed by atoms with Gasteiger partial charge in [0.1, 0.15) is 0 Å². The predicted molar refractivity (Wildman–Crippen MR) is 81.0 cm³/mol. The lowest BCUT2D eigenvalue weighted by atomic mass is 9.94. The van der Waals surface area contributed by atoms with E-state index < -0.39 is 6.43 Å². The zero-order chi connectivity index (χ0) is 13.8. The van der Waals surface area contributed by atoms with Gasteiger partial charge in [0.15, 0.2) is 0 Å². The third kappa shape index (κ3) is 4.14. The van der Waals surface area contributed by atoms with Crippen LogP contribution < -0.4 is 5.32 Å². The normalized spacial score (nSPS) is 17.9. The topological polar surface area (TPSA) is 15.3 Å². The summed E-state index contributed by atoms with van der Waals surface area (Å²) in [5.74, 6) is 0. The van der Waals surface area contributed by atoms with E-state index in [2.05, 4.69) is 10.2 Å². The molecule has 1 aromatic rings. The van der Waals surface area contributed by atoms with Crippen LogP contribution >= 0.6 is 12.4 Å². The van der Waals surface area contributed by atoms with Crippen LogP contribution in [-0.4, -0.2) is 37.5 Å². The van der Waals surface area contributed by atoms with Crippen LogP contribution in [0.25, 0.3) is 0 Å². The number of rotatable bonds is 4. The summed E-state index contributed by atoms with van der Waals surface area (Å²) in [6.45, 7) is 7.51. The molecule has 0 aromatic heterocycles. The molecule has 1 N–H and O–H groups in total. The molecule has 20 heavy (non-hydrogen) atoms. The number of halogens is 3. The van der Waals surface area contributed by atoms with Gasteiger partial charge in [0.2, 0.25) is 6.43 Å². The second-order valence-electron chi connectivity index (χ2n) is 5.22. The molecule has 1 saturated heterocycles. The van der Waals surface area contributed by atoms with Gasteiger partial charge < -0.3 is 5.32 Å². The van der Waals surface area contributed by atoms with Gasteiger partial charge in [-0.3, -0.25) is 4.90 Å². The Morgan fingerprint density at radius 1 is 1.20 bits per heavy atom. The average Bonchev–Trinajstić information content (AvgIpc) is 2.40. The van der Waals surface area contributed by atoms with Gasteiger partial charge in [-0.15, -0.1) is 12.4 Å². The Labute approximate surface area is 126 Å². The third-order valence-corrected chi connectivity index (χ3v) is 4.00. The number of hydrogen-bond acceptors (Lipinski definition) is 2. The van der Waals surface area contributed by atoms with Gasteiger partial charge in [-0.1, -0.05) is 18.2 Å². The Hall–Kier alpha value is -0.710. The first-order chi connectivity index (χ1) is 9.09. The summed E-state index contributed by atoms with van der Waals surface area (Å²) in [6, 6.07) is 5.84. The van der Waals surface area contributed by atoms with Crippen molar-refractivity contribution in [2.24, 2.45) is 0 Å². The highest BCUT2D eigenvalue weighted by molar-refractivity contribution is 5.85. The molecule has 0 aliphatic carbocycles. The first-order valence-electron chi connectivity index (χ1n) is 6.88. The molecule has 0 unspecified atom stereocenters. The number of nitrogens with one attached hydrogen (secondary N) is 1. The molecule has 1 aromatic carbocycles. The maximum atomic E-state index is 12.9. The van der Waals surface area contributed by atoms with Crippen molar-refractivity contribution in [3.05, 3.63) is 34.9 Å². The van der Waals surface area contributed by atoms with E-state index in [4.69, 9.17) is 0 Å². The molecule has 0 spiro atoms. The zero-order valence-electron chi connectivity index (χ0n) is 12.0. The van der Waals surface area contributed by atoms with Crippen molar-refractivity contribution >= 4 is 12.4 Å². The van der Waals surface area contributed by atoms with Crippen LogP contribution in [0, 0.1) is 13.8 Å². The summed E-state index contributed by atoms with van der Waals surface area (Å²) in [7, 11) is 0. The molecule has 0 amide bonds. The lowest BCUT2D eigenvalue weighted by Gasteiger charge is -2.36. The molecule has 114 valence electrons. The molecule has 1 fully saturated rings. The Kier molecular flexibility index (Phi) is 6.86. The monoisotopic (exact) mass is 304 g/mol. The Bertz CT molecular complexity index is 420. The van der Waals surface area contributed by atoms with E-state index in [1.165, 1.54) is 5.56 Å². The van der Waals surface area contributed by atoms with Crippen molar-refractivity contribution in [1.82, 2.24) is 10.2 Å². The second kappa shape index (κ2) is 7.91. The summed E-state index contributed by atoms with van der Waals surface area (Å²) in [5.41, 5.74) is 3.38. The maximum absolute atomic E-state index is 12.9. The van der Waals surface area contributed by atoms with E-state index in [0.717, 1.165) is 37.3 Å². The van der Waals surface area contributed by atoms with Crippen molar-refractivity contribution in [2.75, 3.05) is 26.2 Å². The number of benzene rings is 1. The largest absolute Gasteiger partial charge is 0.314 e. The molecule has 5 heteroatoms. The molecular weight excluding hydrogens is 282 g/mol.